The molecule has 0 aliphatic heterocycles. The maximum absolute atomic E-state index is 12.6. The van der Waals surface area contributed by atoms with Crippen molar-refractivity contribution in [2.75, 3.05) is 18.9 Å². The Morgan fingerprint density at radius 2 is 1.59 bits per heavy atom. The van der Waals surface area contributed by atoms with Crippen molar-refractivity contribution in [1.29, 1.82) is 0 Å². The van der Waals surface area contributed by atoms with E-state index in [0.717, 1.165) is 16.8 Å². The molecule has 0 saturated heterocycles. The molecule has 1 unspecified atom stereocenters. The molecule has 0 fully saturated rings. The Kier molecular flexibility index (Phi) is 7.07. The fourth-order valence-corrected chi connectivity index (χ4v) is 3.08. The number of para-hydroxylation sites is 1. The lowest BCUT2D eigenvalue weighted by atomic mass is 9.87. The summed E-state index contributed by atoms with van der Waals surface area (Å²) in [4.78, 5) is 26.4. The SMILES string of the molecule is Cc1cccc(C)c1NC(=O)CN(C)C(=O)C(C)Oc1ccc(C(C)(C)C)cc1. The third-order valence-corrected chi connectivity index (χ3v) is 4.88. The van der Waals surface area contributed by atoms with Crippen LogP contribution in [-0.4, -0.2) is 36.4 Å². The second kappa shape index (κ2) is 9.12. The van der Waals surface area contributed by atoms with Gasteiger partial charge in [0.05, 0.1) is 6.54 Å². The second-order valence-electron chi connectivity index (χ2n) is 8.54. The zero-order chi connectivity index (χ0) is 21.8. The lowest BCUT2D eigenvalue weighted by molar-refractivity contribution is -0.139. The zero-order valence-corrected chi connectivity index (χ0v) is 18.5. The molecule has 0 radical (unpaired) electrons. The number of benzene rings is 2. The molecule has 0 heterocycles. The Balaban J connectivity index is 1.94. The Bertz CT molecular complexity index is 846. The van der Waals surface area contributed by atoms with Crippen molar-refractivity contribution in [3.8, 4) is 5.75 Å². The fraction of sp³-hybridized carbons (Fsp3) is 0.417. The van der Waals surface area contributed by atoms with E-state index in [2.05, 4.69) is 26.1 Å². The predicted octanol–water partition coefficient (Wildman–Crippen LogP) is 4.47. The quantitative estimate of drug-likeness (QED) is 0.784. The summed E-state index contributed by atoms with van der Waals surface area (Å²) in [7, 11) is 1.61. The molecule has 0 aliphatic carbocycles. The highest BCUT2D eigenvalue weighted by Gasteiger charge is 2.22. The van der Waals surface area contributed by atoms with E-state index in [1.807, 2.05) is 56.3 Å². The molecular formula is C24H32N2O3. The van der Waals surface area contributed by atoms with Gasteiger partial charge in [-0.1, -0.05) is 51.1 Å². The highest BCUT2D eigenvalue weighted by atomic mass is 16.5. The summed E-state index contributed by atoms with van der Waals surface area (Å²) in [6.45, 7) is 12.0. The van der Waals surface area contributed by atoms with Gasteiger partial charge in [-0.25, -0.2) is 0 Å². The maximum Gasteiger partial charge on any atom is 0.263 e. The highest BCUT2D eigenvalue weighted by molar-refractivity contribution is 5.96. The standard InChI is InChI=1S/C24H32N2O3/c1-16-9-8-10-17(2)22(16)25-21(27)15-26(7)23(28)18(3)29-20-13-11-19(12-14-20)24(4,5)6/h8-14,18H,15H2,1-7H3,(H,25,27). The number of amides is 2. The van der Waals surface area contributed by atoms with Crippen molar-refractivity contribution in [2.24, 2.45) is 0 Å². The molecule has 0 aromatic heterocycles. The van der Waals surface area contributed by atoms with Gasteiger partial charge in [0, 0.05) is 12.7 Å². The van der Waals surface area contributed by atoms with Crippen molar-refractivity contribution < 1.29 is 14.3 Å². The van der Waals surface area contributed by atoms with Gasteiger partial charge in [0.2, 0.25) is 5.91 Å². The number of hydrogen-bond acceptors (Lipinski definition) is 3. The van der Waals surface area contributed by atoms with E-state index in [9.17, 15) is 9.59 Å². The highest BCUT2D eigenvalue weighted by Crippen LogP contribution is 2.25. The molecule has 0 aliphatic rings. The zero-order valence-electron chi connectivity index (χ0n) is 18.5. The number of ether oxygens (including phenoxy) is 1. The van der Waals surface area contributed by atoms with E-state index < -0.39 is 6.10 Å². The van der Waals surface area contributed by atoms with Crippen LogP contribution in [0.1, 0.15) is 44.4 Å². The smallest absolute Gasteiger partial charge is 0.263 e. The van der Waals surface area contributed by atoms with Gasteiger partial charge in [0.25, 0.3) is 5.91 Å². The molecule has 5 nitrogen and oxygen atoms in total. The van der Waals surface area contributed by atoms with Crippen LogP contribution in [0.4, 0.5) is 5.69 Å². The minimum atomic E-state index is -0.687. The first kappa shape index (κ1) is 22.5. The lowest BCUT2D eigenvalue weighted by Gasteiger charge is -2.23. The number of carbonyl (C=O) groups is 2. The van der Waals surface area contributed by atoms with Gasteiger partial charge in [-0.05, 0) is 55.0 Å². The average Bonchev–Trinajstić information content (AvgIpc) is 2.63. The molecule has 2 amide bonds. The van der Waals surface area contributed by atoms with Crippen LogP contribution in [0.5, 0.6) is 5.75 Å². The summed E-state index contributed by atoms with van der Waals surface area (Å²) in [5.41, 5.74) is 4.03. The Labute approximate surface area is 174 Å². The van der Waals surface area contributed by atoms with Gasteiger partial charge in [0.1, 0.15) is 5.75 Å². The van der Waals surface area contributed by atoms with Gasteiger partial charge < -0.3 is 15.0 Å². The van der Waals surface area contributed by atoms with Crippen molar-refractivity contribution in [3.63, 3.8) is 0 Å². The minimum absolute atomic E-state index is 0.0384. The molecule has 0 spiro atoms. The number of rotatable bonds is 6. The number of likely N-dealkylation sites (N-methyl/N-ethyl adjacent to an activating group) is 1. The lowest BCUT2D eigenvalue weighted by Crippen LogP contribution is -2.42. The molecule has 1 atom stereocenters. The summed E-state index contributed by atoms with van der Waals surface area (Å²) in [5.74, 6) is 0.147. The number of nitrogens with one attached hydrogen (secondary N) is 1. The number of hydrogen-bond donors (Lipinski definition) is 1. The number of anilines is 1. The monoisotopic (exact) mass is 396 g/mol. The van der Waals surface area contributed by atoms with Gasteiger partial charge in [-0.2, -0.15) is 0 Å². The van der Waals surface area contributed by atoms with E-state index in [1.165, 1.54) is 10.5 Å². The molecule has 156 valence electrons. The van der Waals surface area contributed by atoms with Gasteiger partial charge >= 0.3 is 0 Å². The minimum Gasteiger partial charge on any atom is -0.481 e. The van der Waals surface area contributed by atoms with Crippen LogP contribution >= 0.6 is 0 Å². The normalized spacial score (nSPS) is 12.2. The van der Waals surface area contributed by atoms with E-state index in [0.29, 0.717) is 5.75 Å². The second-order valence-corrected chi connectivity index (χ2v) is 8.54. The van der Waals surface area contributed by atoms with Crippen molar-refractivity contribution >= 4 is 17.5 Å². The summed E-state index contributed by atoms with van der Waals surface area (Å²) in [6, 6.07) is 13.6. The van der Waals surface area contributed by atoms with Crippen LogP contribution in [0.2, 0.25) is 0 Å². The largest absolute Gasteiger partial charge is 0.481 e. The Morgan fingerprint density at radius 3 is 2.10 bits per heavy atom. The first-order valence-electron chi connectivity index (χ1n) is 9.87. The van der Waals surface area contributed by atoms with Crippen LogP contribution in [0, 0.1) is 13.8 Å². The van der Waals surface area contributed by atoms with Gasteiger partial charge in [-0.15, -0.1) is 0 Å². The van der Waals surface area contributed by atoms with E-state index >= 15 is 0 Å². The third-order valence-electron chi connectivity index (χ3n) is 4.88. The summed E-state index contributed by atoms with van der Waals surface area (Å²) < 4.78 is 5.78. The van der Waals surface area contributed by atoms with Crippen molar-refractivity contribution in [3.05, 3.63) is 59.2 Å². The van der Waals surface area contributed by atoms with E-state index in [-0.39, 0.29) is 23.8 Å². The number of aryl methyl sites for hydroxylation is 2. The fourth-order valence-electron chi connectivity index (χ4n) is 3.08. The van der Waals surface area contributed by atoms with Gasteiger partial charge in [-0.3, -0.25) is 9.59 Å². The Morgan fingerprint density at radius 1 is 1.03 bits per heavy atom. The van der Waals surface area contributed by atoms with Crippen molar-refractivity contribution in [2.45, 2.75) is 53.1 Å². The molecule has 5 heteroatoms. The van der Waals surface area contributed by atoms with Crippen LogP contribution in [0.15, 0.2) is 42.5 Å². The van der Waals surface area contributed by atoms with Crippen LogP contribution in [0.25, 0.3) is 0 Å². The van der Waals surface area contributed by atoms with E-state index in [1.54, 1.807) is 14.0 Å². The summed E-state index contributed by atoms with van der Waals surface area (Å²) >= 11 is 0. The third kappa shape index (κ3) is 6.08. The molecule has 1 N–H and O–H groups in total. The Hall–Kier alpha value is -2.82. The summed E-state index contributed by atoms with van der Waals surface area (Å²) in [5, 5.41) is 2.90. The maximum atomic E-state index is 12.6. The molecule has 29 heavy (non-hydrogen) atoms. The number of carbonyl (C=O) groups excluding carboxylic acids is 2. The van der Waals surface area contributed by atoms with E-state index in [4.69, 9.17) is 4.74 Å². The topological polar surface area (TPSA) is 58.6 Å². The summed E-state index contributed by atoms with van der Waals surface area (Å²) in [6.07, 6.45) is -0.687. The van der Waals surface area contributed by atoms with Crippen LogP contribution in [-0.2, 0) is 15.0 Å². The predicted molar refractivity (Wildman–Crippen MR) is 117 cm³/mol. The van der Waals surface area contributed by atoms with Crippen LogP contribution in [0.3, 0.4) is 0 Å². The first-order chi connectivity index (χ1) is 13.5. The average molecular weight is 397 g/mol. The first-order valence-corrected chi connectivity index (χ1v) is 9.87. The van der Waals surface area contributed by atoms with Crippen LogP contribution < -0.4 is 10.1 Å². The molecule has 2 rings (SSSR count). The molecule has 2 aromatic rings. The molecule has 0 saturated carbocycles. The van der Waals surface area contributed by atoms with Gasteiger partial charge in [0.15, 0.2) is 6.10 Å². The molecule has 2 aromatic carbocycles. The molecular weight excluding hydrogens is 364 g/mol. The molecule has 0 bridgehead atoms. The van der Waals surface area contributed by atoms with Crippen molar-refractivity contribution in [1.82, 2.24) is 4.90 Å². The number of nitrogens with zero attached hydrogens (tertiary/aromatic N) is 1.